The lowest BCUT2D eigenvalue weighted by molar-refractivity contribution is -0.163. The number of hydrogen-bond donors (Lipinski definition) is 2. The summed E-state index contributed by atoms with van der Waals surface area (Å²) in [4.78, 5) is 11.7. The van der Waals surface area contributed by atoms with Crippen LogP contribution < -0.4 is 5.32 Å². The van der Waals surface area contributed by atoms with Gasteiger partial charge in [0, 0.05) is 5.56 Å². The number of aromatic hydroxyl groups is 1. The molecule has 98 valence electrons. The molecule has 0 radical (unpaired) electrons. The number of benzene rings is 1. The van der Waals surface area contributed by atoms with E-state index in [0.717, 1.165) is 6.07 Å². The number of carbonyl (C=O) groups excluding carboxylic acids is 1. The maximum atomic E-state index is 12.7. The number of hydrogen-bond acceptors (Lipinski definition) is 2. The van der Waals surface area contributed by atoms with Crippen LogP contribution in [-0.2, 0) is 0 Å². The van der Waals surface area contributed by atoms with Crippen molar-refractivity contribution in [3.8, 4) is 5.75 Å². The summed E-state index contributed by atoms with van der Waals surface area (Å²) in [5.41, 5.74) is -2.06. The lowest BCUT2D eigenvalue weighted by Crippen LogP contribution is -2.47. The van der Waals surface area contributed by atoms with E-state index in [4.69, 9.17) is 0 Å². The zero-order valence-corrected chi connectivity index (χ0v) is 11.2. The SMILES string of the molecule is O=C(NC1(C(F)(F)F)CC1)c1ccc(I)c(O)c1. The number of rotatable bonds is 2. The summed E-state index contributed by atoms with van der Waals surface area (Å²) in [6, 6.07) is 4.00. The fourth-order valence-corrected chi connectivity index (χ4v) is 1.88. The molecule has 1 saturated carbocycles. The van der Waals surface area contributed by atoms with Gasteiger partial charge in [0.1, 0.15) is 11.3 Å². The normalized spacial score (nSPS) is 17.3. The second kappa shape index (κ2) is 4.29. The Bertz CT molecular complexity index is 498. The van der Waals surface area contributed by atoms with E-state index in [1.165, 1.54) is 12.1 Å². The number of phenols is 1. The Morgan fingerprint density at radius 3 is 2.44 bits per heavy atom. The molecular weight excluding hydrogens is 362 g/mol. The van der Waals surface area contributed by atoms with E-state index < -0.39 is 17.6 Å². The first kappa shape index (κ1) is 13.4. The molecule has 0 heterocycles. The molecule has 0 unspecified atom stereocenters. The van der Waals surface area contributed by atoms with Gasteiger partial charge in [0.25, 0.3) is 5.91 Å². The van der Waals surface area contributed by atoms with Gasteiger partial charge in [0.15, 0.2) is 0 Å². The van der Waals surface area contributed by atoms with Gasteiger partial charge >= 0.3 is 6.18 Å². The first-order chi connectivity index (χ1) is 8.25. The van der Waals surface area contributed by atoms with Crippen molar-refractivity contribution in [3.63, 3.8) is 0 Å². The monoisotopic (exact) mass is 371 g/mol. The molecule has 0 atom stereocenters. The Hall–Kier alpha value is -0.990. The van der Waals surface area contributed by atoms with Crippen LogP contribution in [0.4, 0.5) is 13.2 Å². The van der Waals surface area contributed by atoms with E-state index in [1.54, 1.807) is 0 Å². The maximum absolute atomic E-state index is 12.7. The van der Waals surface area contributed by atoms with Crippen molar-refractivity contribution >= 4 is 28.5 Å². The first-order valence-corrected chi connectivity index (χ1v) is 6.21. The molecule has 18 heavy (non-hydrogen) atoms. The Kier molecular flexibility index (Phi) is 3.20. The van der Waals surface area contributed by atoms with Crippen molar-refractivity contribution in [1.82, 2.24) is 5.32 Å². The van der Waals surface area contributed by atoms with Crippen molar-refractivity contribution in [2.45, 2.75) is 24.6 Å². The van der Waals surface area contributed by atoms with Gasteiger partial charge in [-0.3, -0.25) is 4.79 Å². The van der Waals surface area contributed by atoms with Crippen LogP contribution >= 0.6 is 22.6 Å². The van der Waals surface area contributed by atoms with E-state index >= 15 is 0 Å². The third-order valence-corrected chi connectivity index (χ3v) is 3.77. The van der Waals surface area contributed by atoms with Crippen molar-refractivity contribution in [2.24, 2.45) is 0 Å². The molecule has 0 bridgehead atoms. The quantitative estimate of drug-likeness (QED) is 0.786. The van der Waals surface area contributed by atoms with E-state index in [9.17, 15) is 23.1 Å². The van der Waals surface area contributed by atoms with Gasteiger partial charge in [0.05, 0.1) is 3.57 Å². The van der Waals surface area contributed by atoms with Crippen molar-refractivity contribution in [1.29, 1.82) is 0 Å². The van der Waals surface area contributed by atoms with Gasteiger partial charge in [-0.2, -0.15) is 13.2 Å². The van der Waals surface area contributed by atoms with Gasteiger partial charge < -0.3 is 10.4 Å². The molecule has 1 aliphatic carbocycles. The minimum atomic E-state index is -4.44. The maximum Gasteiger partial charge on any atom is 0.411 e. The van der Waals surface area contributed by atoms with Crippen molar-refractivity contribution in [2.75, 3.05) is 0 Å². The summed E-state index contributed by atoms with van der Waals surface area (Å²) < 4.78 is 38.5. The summed E-state index contributed by atoms with van der Waals surface area (Å²) >= 11 is 1.86. The van der Waals surface area contributed by atoms with Gasteiger partial charge in [-0.25, -0.2) is 0 Å². The predicted octanol–water partition coefficient (Wildman–Crippen LogP) is 2.82. The number of phenolic OH excluding ortho intramolecular Hbond substituents is 1. The molecule has 1 aromatic rings. The number of amides is 1. The highest BCUT2D eigenvalue weighted by Crippen LogP contribution is 2.49. The number of halogens is 4. The molecule has 0 saturated heterocycles. The Balaban J connectivity index is 2.16. The van der Waals surface area contributed by atoms with Gasteiger partial charge in [0.2, 0.25) is 0 Å². The number of carbonyl (C=O) groups is 1. The Morgan fingerprint density at radius 2 is 2.00 bits per heavy atom. The van der Waals surface area contributed by atoms with E-state index in [0.29, 0.717) is 3.57 Å². The predicted molar refractivity (Wildman–Crippen MR) is 66.3 cm³/mol. The lowest BCUT2D eigenvalue weighted by atomic mass is 10.1. The van der Waals surface area contributed by atoms with Crippen LogP contribution in [0.2, 0.25) is 0 Å². The number of alkyl halides is 3. The molecule has 2 rings (SSSR count). The molecule has 1 aromatic carbocycles. The van der Waals surface area contributed by atoms with Crippen LogP contribution in [0, 0.1) is 3.57 Å². The largest absolute Gasteiger partial charge is 0.507 e. The minimum absolute atomic E-state index is 0.0171. The van der Waals surface area contributed by atoms with Crippen LogP contribution in [0.1, 0.15) is 23.2 Å². The average Bonchev–Trinajstić information content (AvgIpc) is 3.02. The van der Waals surface area contributed by atoms with Gasteiger partial charge in [-0.1, -0.05) is 0 Å². The van der Waals surface area contributed by atoms with Crippen molar-refractivity contribution < 1.29 is 23.1 Å². The topological polar surface area (TPSA) is 49.3 Å². The number of nitrogens with one attached hydrogen (secondary N) is 1. The summed E-state index contributed by atoms with van der Waals surface area (Å²) in [7, 11) is 0. The second-order valence-corrected chi connectivity index (χ2v) is 5.36. The fourth-order valence-electron chi connectivity index (χ4n) is 1.55. The summed E-state index contributed by atoms with van der Waals surface area (Å²) in [5.74, 6) is -0.948. The van der Waals surface area contributed by atoms with E-state index in [1.807, 2.05) is 27.9 Å². The highest BCUT2D eigenvalue weighted by atomic mass is 127. The van der Waals surface area contributed by atoms with Crippen molar-refractivity contribution in [3.05, 3.63) is 27.3 Å². The standard InChI is InChI=1S/C11H9F3INO2/c12-11(13,14)10(3-4-10)16-9(18)6-1-2-7(15)8(17)5-6/h1-2,5,17H,3-4H2,(H,16,18). The second-order valence-electron chi connectivity index (χ2n) is 4.20. The zero-order valence-electron chi connectivity index (χ0n) is 9.01. The van der Waals surface area contributed by atoms with E-state index in [-0.39, 0.29) is 24.2 Å². The van der Waals surface area contributed by atoms with E-state index in [2.05, 4.69) is 0 Å². The van der Waals surface area contributed by atoms with Crippen LogP contribution in [0.25, 0.3) is 0 Å². The molecule has 0 aromatic heterocycles. The molecule has 0 aliphatic heterocycles. The molecule has 7 heteroatoms. The zero-order chi connectivity index (χ0) is 13.6. The highest BCUT2D eigenvalue weighted by Gasteiger charge is 2.64. The molecule has 3 nitrogen and oxygen atoms in total. The van der Waals surface area contributed by atoms with Crippen LogP contribution in [0.15, 0.2) is 18.2 Å². The third kappa shape index (κ3) is 2.40. The molecule has 2 N–H and O–H groups in total. The Labute approximate surface area is 115 Å². The summed E-state index contributed by atoms with van der Waals surface area (Å²) in [5, 5.41) is 11.4. The van der Waals surface area contributed by atoms with Crippen LogP contribution in [0.5, 0.6) is 5.75 Å². The average molecular weight is 371 g/mol. The molecule has 1 aliphatic rings. The summed E-state index contributed by atoms with van der Waals surface area (Å²) in [6.45, 7) is 0. The first-order valence-electron chi connectivity index (χ1n) is 5.13. The highest BCUT2D eigenvalue weighted by molar-refractivity contribution is 14.1. The van der Waals surface area contributed by atoms with Gasteiger partial charge in [-0.05, 0) is 53.6 Å². The molecule has 1 fully saturated rings. The van der Waals surface area contributed by atoms with Gasteiger partial charge in [-0.15, -0.1) is 0 Å². The lowest BCUT2D eigenvalue weighted by Gasteiger charge is -2.20. The minimum Gasteiger partial charge on any atom is -0.507 e. The molecular formula is C11H9F3INO2. The smallest absolute Gasteiger partial charge is 0.411 e. The van der Waals surface area contributed by atoms with Crippen LogP contribution in [-0.4, -0.2) is 22.7 Å². The third-order valence-electron chi connectivity index (χ3n) is 2.85. The molecule has 1 amide bonds. The molecule has 0 spiro atoms. The summed E-state index contributed by atoms with van der Waals surface area (Å²) in [6.07, 6.45) is -4.63. The Morgan fingerprint density at radius 1 is 1.39 bits per heavy atom. The fraction of sp³-hybridized carbons (Fsp3) is 0.364. The van der Waals surface area contributed by atoms with Crippen LogP contribution in [0.3, 0.4) is 0 Å².